The number of anilines is 1. The van der Waals surface area contributed by atoms with Crippen LogP contribution >= 0.6 is 0 Å². The summed E-state index contributed by atoms with van der Waals surface area (Å²) in [7, 11) is 0. The van der Waals surface area contributed by atoms with Crippen LogP contribution in [0, 0.1) is 0 Å². The van der Waals surface area contributed by atoms with E-state index in [2.05, 4.69) is 32.6 Å². The molecule has 3 aromatic heterocycles. The maximum Gasteiger partial charge on any atom is 0.390 e. The molecule has 158 valence electrons. The van der Waals surface area contributed by atoms with Gasteiger partial charge in [-0.15, -0.1) is 5.10 Å². The highest BCUT2D eigenvalue weighted by Crippen LogP contribution is 2.30. The monoisotopic (exact) mass is 417 g/mol. The number of halogens is 3. The van der Waals surface area contributed by atoms with Crippen molar-refractivity contribution in [2.75, 3.05) is 18.4 Å². The highest BCUT2D eigenvalue weighted by atomic mass is 19.4. The number of nitrogens with one attached hydrogen (secondary N) is 2. The molecule has 0 saturated carbocycles. The predicted octanol–water partition coefficient (Wildman–Crippen LogP) is 3.78. The average Bonchev–Trinajstić information content (AvgIpc) is 3.11. The van der Waals surface area contributed by atoms with Gasteiger partial charge in [0.1, 0.15) is 0 Å². The van der Waals surface area contributed by atoms with E-state index >= 15 is 0 Å². The van der Waals surface area contributed by atoms with Gasteiger partial charge in [0.2, 0.25) is 5.95 Å². The summed E-state index contributed by atoms with van der Waals surface area (Å²) in [6.45, 7) is 4.66. The smallest absolute Gasteiger partial charge is 0.353 e. The molecule has 7 nitrogen and oxygen atoms in total. The summed E-state index contributed by atoms with van der Waals surface area (Å²) in [6, 6.07) is 5.91. The van der Waals surface area contributed by atoms with Crippen molar-refractivity contribution in [1.82, 2.24) is 24.9 Å². The Labute approximate surface area is 171 Å². The molecule has 0 saturated heterocycles. The van der Waals surface area contributed by atoms with Gasteiger partial charge < -0.3 is 10.6 Å². The van der Waals surface area contributed by atoms with Crippen molar-refractivity contribution in [3.8, 4) is 11.3 Å². The number of aliphatic imine (C=N–C) groups is 1. The lowest BCUT2D eigenvalue weighted by molar-refractivity contribution is -0.131. The van der Waals surface area contributed by atoms with E-state index < -0.39 is 12.6 Å². The second kappa shape index (κ2) is 8.02. The van der Waals surface area contributed by atoms with Gasteiger partial charge in [0, 0.05) is 30.4 Å². The molecule has 0 radical (unpaired) electrons. The van der Waals surface area contributed by atoms with Gasteiger partial charge in [0.15, 0.2) is 0 Å². The van der Waals surface area contributed by atoms with Crippen LogP contribution in [-0.2, 0) is 6.42 Å². The minimum atomic E-state index is -4.22. The fraction of sp³-hybridized carbons (Fsp3) is 0.400. The number of alkyl halides is 3. The Kier molecular flexibility index (Phi) is 5.42. The zero-order valence-electron chi connectivity index (χ0n) is 16.7. The van der Waals surface area contributed by atoms with Crippen molar-refractivity contribution in [2.24, 2.45) is 4.99 Å². The van der Waals surface area contributed by atoms with Crippen molar-refractivity contribution < 1.29 is 13.2 Å². The first-order valence-corrected chi connectivity index (χ1v) is 9.78. The third kappa shape index (κ3) is 4.28. The summed E-state index contributed by atoms with van der Waals surface area (Å²) >= 11 is 0. The van der Waals surface area contributed by atoms with Gasteiger partial charge in [-0.3, -0.25) is 9.98 Å². The topological polar surface area (TPSA) is 79.5 Å². The number of pyridine rings is 1. The van der Waals surface area contributed by atoms with Crippen LogP contribution in [0.25, 0.3) is 16.8 Å². The van der Waals surface area contributed by atoms with Gasteiger partial charge in [0.25, 0.3) is 0 Å². The van der Waals surface area contributed by atoms with E-state index in [1.54, 1.807) is 16.9 Å². The summed E-state index contributed by atoms with van der Waals surface area (Å²) < 4.78 is 38.5. The van der Waals surface area contributed by atoms with Crippen LogP contribution in [0.4, 0.5) is 24.8 Å². The number of likely N-dealkylation sites (N-methyl/N-ethyl adjacent to an activating group) is 1. The molecule has 1 unspecified atom stereocenters. The average molecular weight is 417 g/mol. The molecule has 1 aliphatic heterocycles. The zero-order valence-corrected chi connectivity index (χ0v) is 16.7. The van der Waals surface area contributed by atoms with E-state index in [-0.39, 0.29) is 18.5 Å². The maximum absolute atomic E-state index is 12.3. The second-order valence-corrected chi connectivity index (χ2v) is 7.16. The highest BCUT2D eigenvalue weighted by molar-refractivity contribution is 5.92. The number of nitrogens with zero attached hydrogens (tertiary/aromatic N) is 5. The van der Waals surface area contributed by atoms with Gasteiger partial charge in [-0.2, -0.15) is 13.2 Å². The Balaban J connectivity index is 1.58. The third-order valence-electron chi connectivity index (χ3n) is 4.98. The largest absolute Gasteiger partial charge is 0.390 e. The van der Waals surface area contributed by atoms with Crippen molar-refractivity contribution >= 4 is 22.9 Å². The molecule has 0 spiro atoms. The van der Waals surface area contributed by atoms with Crippen LogP contribution in [0.3, 0.4) is 0 Å². The predicted molar refractivity (Wildman–Crippen MR) is 109 cm³/mol. The maximum atomic E-state index is 12.3. The molecule has 0 aliphatic carbocycles. The fourth-order valence-corrected chi connectivity index (χ4v) is 3.49. The van der Waals surface area contributed by atoms with Crippen LogP contribution < -0.4 is 10.6 Å². The van der Waals surface area contributed by atoms with Crippen LogP contribution in [0.5, 0.6) is 0 Å². The molecule has 1 atom stereocenters. The molecule has 0 amide bonds. The van der Waals surface area contributed by atoms with E-state index in [1.165, 1.54) is 0 Å². The molecule has 0 bridgehead atoms. The van der Waals surface area contributed by atoms with Gasteiger partial charge in [-0.1, -0.05) is 6.92 Å². The molecular formula is C20H22F3N7. The molecule has 2 N–H and O–H groups in total. The fourth-order valence-electron chi connectivity index (χ4n) is 3.49. The van der Waals surface area contributed by atoms with Gasteiger partial charge in [-0.05, 0) is 31.7 Å². The molecule has 4 rings (SSSR count). The van der Waals surface area contributed by atoms with Crippen molar-refractivity contribution in [3.05, 3.63) is 36.3 Å². The molecule has 4 heterocycles. The third-order valence-corrected chi connectivity index (χ3v) is 4.98. The molecule has 3 aromatic rings. The van der Waals surface area contributed by atoms with E-state index in [0.29, 0.717) is 0 Å². The van der Waals surface area contributed by atoms with Gasteiger partial charge in [-0.25, -0.2) is 9.50 Å². The number of fused-ring (bicyclic) bond motifs is 2. The standard InChI is InChI=1S/C20H22F3N7/c1-3-24-16-10-17-15(27-12(16)2)5-4-14(28-17)13-6-9-30-18(13)11-26-19(29-30)25-8-7-20(21,22)23/h4-6,9,11,16,24H,3,7-8,10H2,1-2H3,(H,25,29). The molecule has 0 fully saturated rings. The quantitative estimate of drug-likeness (QED) is 0.638. The Hall–Kier alpha value is -3.01. The van der Waals surface area contributed by atoms with Crippen molar-refractivity contribution in [1.29, 1.82) is 0 Å². The van der Waals surface area contributed by atoms with Crippen molar-refractivity contribution in [3.63, 3.8) is 0 Å². The van der Waals surface area contributed by atoms with Gasteiger partial charge in [0.05, 0.1) is 41.3 Å². The highest BCUT2D eigenvalue weighted by Gasteiger charge is 2.26. The SMILES string of the molecule is CCNC1Cc2nc(-c3ccn4nc(NCCC(F)(F)F)ncc34)ccc2N=C1C. The Bertz CT molecular complexity index is 1090. The first-order valence-electron chi connectivity index (χ1n) is 9.78. The minimum Gasteiger partial charge on any atom is -0.353 e. The molecule has 1 aliphatic rings. The zero-order chi connectivity index (χ0) is 21.3. The lowest BCUT2D eigenvalue weighted by Gasteiger charge is -2.23. The normalized spacial score (nSPS) is 16.4. The second-order valence-electron chi connectivity index (χ2n) is 7.16. The summed E-state index contributed by atoms with van der Waals surface area (Å²) in [5.74, 6) is 0.144. The summed E-state index contributed by atoms with van der Waals surface area (Å²) in [6.07, 6.45) is -1.07. The van der Waals surface area contributed by atoms with E-state index in [4.69, 9.17) is 4.98 Å². The van der Waals surface area contributed by atoms with E-state index in [1.807, 2.05) is 25.1 Å². The number of rotatable bonds is 6. The van der Waals surface area contributed by atoms with Crippen LogP contribution in [0.15, 0.2) is 35.6 Å². The molecule has 0 aromatic carbocycles. The Morgan fingerprint density at radius 2 is 2.07 bits per heavy atom. The molecule has 30 heavy (non-hydrogen) atoms. The first-order chi connectivity index (χ1) is 14.3. The van der Waals surface area contributed by atoms with Crippen LogP contribution in [0.2, 0.25) is 0 Å². The number of hydrogen-bond acceptors (Lipinski definition) is 6. The van der Waals surface area contributed by atoms with Crippen LogP contribution in [0.1, 0.15) is 26.0 Å². The lowest BCUT2D eigenvalue weighted by atomic mass is 10.0. The van der Waals surface area contributed by atoms with E-state index in [9.17, 15) is 13.2 Å². The summed E-state index contributed by atoms with van der Waals surface area (Å²) in [5.41, 5.74) is 5.21. The van der Waals surface area contributed by atoms with E-state index in [0.717, 1.165) is 46.8 Å². The van der Waals surface area contributed by atoms with Crippen molar-refractivity contribution in [2.45, 2.75) is 38.9 Å². The Morgan fingerprint density at radius 1 is 1.23 bits per heavy atom. The summed E-state index contributed by atoms with van der Waals surface area (Å²) in [5, 5.41) is 10.3. The van der Waals surface area contributed by atoms with Gasteiger partial charge >= 0.3 is 6.18 Å². The summed E-state index contributed by atoms with van der Waals surface area (Å²) in [4.78, 5) is 13.6. The first kappa shape index (κ1) is 20.3. The molecule has 10 heteroatoms. The Morgan fingerprint density at radius 3 is 2.83 bits per heavy atom. The minimum absolute atomic E-state index is 0.144. The number of aromatic nitrogens is 4. The number of hydrogen-bond donors (Lipinski definition) is 2. The molecular weight excluding hydrogens is 395 g/mol. The lowest BCUT2D eigenvalue weighted by Crippen LogP contribution is -2.38. The van der Waals surface area contributed by atoms with Crippen LogP contribution in [-0.4, -0.2) is 50.6 Å².